The highest BCUT2D eigenvalue weighted by molar-refractivity contribution is 5.21. The van der Waals surface area contributed by atoms with E-state index in [4.69, 9.17) is 10.5 Å². The minimum atomic E-state index is -0.373. The Balaban J connectivity index is 2.70. The number of para-hydroxylation sites is 1. The molecule has 0 bridgehead atoms. The van der Waals surface area contributed by atoms with Gasteiger partial charge in [-0.25, -0.2) is 0 Å². The highest BCUT2D eigenvalue weighted by Crippen LogP contribution is 2.23. The fourth-order valence-electron chi connectivity index (χ4n) is 1.46. The normalized spacial score (nSPS) is 15.6. The number of rotatable bonds is 4. The molecule has 2 unspecified atom stereocenters. The van der Waals surface area contributed by atoms with Crippen molar-refractivity contribution in [3.05, 3.63) is 30.3 Å². The first kappa shape index (κ1) is 13.0. The van der Waals surface area contributed by atoms with Gasteiger partial charge in [-0.2, -0.15) is 0 Å². The summed E-state index contributed by atoms with van der Waals surface area (Å²) in [5.74, 6) is 0.737. The average molecular weight is 223 g/mol. The van der Waals surface area contributed by atoms with E-state index in [1.165, 1.54) is 0 Å². The number of ether oxygens (including phenoxy) is 1. The van der Waals surface area contributed by atoms with E-state index in [0.717, 1.165) is 5.75 Å². The lowest BCUT2D eigenvalue weighted by Gasteiger charge is -2.33. The molecular weight excluding hydrogens is 202 g/mol. The third-order valence-corrected chi connectivity index (χ3v) is 2.61. The van der Waals surface area contributed by atoms with E-state index in [1.54, 1.807) is 0 Å². The maximum absolute atomic E-state index is 9.32. The summed E-state index contributed by atoms with van der Waals surface area (Å²) in [4.78, 5) is 0. The predicted molar refractivity (Wildman–Crippen MR) is 65.4 cm³/mol. The van der Waals surface area contributed by atoms with E-state index in [9.17, 15) is 5.11 Å². The minimum absolute atomic E-state index is 0.0761. The van der Waals surface area contributed by atoms with Gasteiger partial charge in [0, 0.05) is 6.04 Å². The number of aliphatic hydroxyl groups excluding tert-OH is 1. The zero-order chi connectivity index (χ0) is 12.2. The molecule has 0 aliphatic rings. The standard InChI is InChI=1S/C13H21NO2/c1-13(2,3)12(14)11(9-15)16-10-7-5-4-6-8-10/h4-8,11-12,15H,9,14H2,1-3H3. The molecule has 0 saturated carbocycles. The lowest BCUT2D eigenvalue weighted by atomic mass is 9.84. The van der Waals surface area contributed by atoms with Gasteiger partial charge in [0.1, 0.15) is 11.9 Å². The maximum Gasteiger partial charge on any atom is 0.137 e. The molecule has 0 radical (unpaired) electrons. The molecule has 0 heterocycles. The number of aliphatic hydroxyl groups is 1. The lowest BCUT2D eigenvalue weighted by molar-refractivity contribution is 0.0592. The number of hydrogen-bond donors (Lipinski definition) is 2. The summed E-state index contributed by atoms with van der Waals surface area (Å²) in [5, 5.41) is 9.32. The lowest BCUT2D eigenvalue weighted by Crippen LogP contribution is -2.49. The molecule has 0 aliphatic carbocycles. The van der Waals surface area contributed by atoms with Crippen molar-refractivity contribution in [2.75, 3.05) is 6.61 Å². The molecule has 90 valence electrons. The number of benzene rings is 1. The Morgan fingerprint density at radius 2 is 1.81 bits per heavy atom. The van der Waals surface area contributed by atoms with Gasteiger partial charge in [0.05, 0.1) is 6.61 Å². The Kier molecular flexibility index (Phi) is 4.33. The minimum Gasteiger partial charge on any atom is -0.486 e. The van der Waals surface area contributed by atoms with Crippen LogP contribution >= 0.6 is 0 Å². The van der Waals surface area contributed by atoms with Gasteiger partial charge in [0.25, 0.3) is 0 Å². The third kappa shape index (κ3) is 3.51. The molecule has 0 amide bonds. The van der Waals surface area contributed by atoms with Crippen molar-refractivity contribution in [3.63, 3.8) is 0 Å². The van der Waals surface area contributed by atoms with E-state index >= 15 is 0 Å². The Labute approximate surface area is 97.2 Å². The Morgan fingerprint density at radius 3 is 2.25 bits per heavy atom. The van der Waals surface area contributed by atoms with Crippen LogP contribution in [0.2, 0.25) is 0 Å². The van der Waals surface area contributed by atoms with Crippen molar-refractivity contribution < 1.29 is 9.84 Å². The molecule has 2 atom stereocenters. The fourth-order valence-corrected chi connectivity index (χ4v) is 1.46. The molecule has 1 aromatic rings. The maximum atomic E-state index is 9.32. The second-order valence-corrected chi connectivity index (χ2v) is 5.04. The van der Waals surface area contributed by atoms with Crippen LogP contribution in [0.5, 0.6) is 5.75 Å². The molecule has 3 heteroatoms. The number of nitrogens with two attached hydrogens (primary N) is 1. The molecule has 0 aromatic heterocycles. The Bertz CT molecular complexity index is 305. The van der Waals surface area contributed by atoms with E-state index < -0.39 is 0 Å². The fraction of sp³-hybridized carbons (Fsp3) is 0.538. The molecule has 0 fully saturated rings. The van der Waals surface area contributed by atoms with Crippen LogP contribution < -0.4 is 10.5 Å². The van der Waals surface area contributed by atoms with Crippen LogP contribution in [0, 0.1) is 5.41 Å². The monoisotopic (exact) mass is 223 g/mol. The highest BCUT2D eigenvalue weighted by atomic mass is 16.5. The Morgan fingerprint density at radius 1 is 1.25 bits per heavy atom. The smallest absolute Gasteiger partial charge is 0.137 e. The quantitative estimate of drug-likeness (QED) is 0.818. The van der Waals surface area contributed by atoms with Crippen molar-refractivity contribution in [1.29, 1.82) is 0 Å². The summed E-state index contributed by atoms with van der Waals surface area (Å²) in [7, 11) is 0. The molecule has 3 nitrogen and oxygen atoms in total. The Hall–Kier alpha value is -1.06. The van der Waals surface area contributed by atoms with Crippen LogP contribution in [-0.4, -0.2) is 23.9 Å². The van der Waals surface area contributed by atoms with Crippen molar-refractivity contribution in [2.24, 2.45) is 11.1 Å². The molecule has 0 aliphatic heterocycles. The van der Waals surface area contributed by atoms with E-state index in [0.29, 0.717) is 0 Å². The first-order valence-corrected chi connectivity index (χ1v) is 5.53. The van der Waals surface area contributed by atoms with Crippen LogP contribution in [0.3, 0.4) is 0 Å². The first-order chi connectivity index (χ1) is 7.45. The molecule has 0 spiro atoms. The van der Waals surface area contributed by atoms with E-state index in [1.807, 2.05) is 51.1 Å². The molecule has 1 aromatic carbocycles. The second-order valence-electron chi connectivity index (χ2n) is 5.04. The highest BCUT2D eigenvalue weighted by Gasteiger charge is 2.29. The first-order valence-electron chi connectivity index (χ1n) is 5.53. The van der Waals surface area contributed by atoms with Crippen LogP contribution in [0.4, 0.5) is 0 Å². The van der Waals surface area contributed by atoms with Gasteiger partial charge in [-0.15, -0.1) is 0 Å². The summed E-state index contributed by atoms with van der Waals surface area (Å²) in [6.45, 7) is 6.03. The molecule has 0 saturated heterocycles. The zero-order valence-electron chi connectivity index (χ0n) is 10.2. The molecule has 1 rings (SSSR count). The van der Waals surface area contributed by atoms with Crippen LogP contribution in [-0.2, 0) is 0 Å². The second kappa shape index (κ2) is 5.32. The van der Waals surface area contributed by atoms with Gasteiger partial charge < -0.3 is 15.6 Å². The molecule has 16 heavy (non-hydrogen) atoms. The van der Waals surface area contributed by atoms with Crippen LogP contribution in [0.15, 0.2) is 30.3 Å². The van der Waals surface area contributed by atoms with Gasteiger partial charge in [0.2, 0.25) is 0 Å². The van der Waals surface area contributed by atoms with Crippen LogP contribution in [0.25, 0.3) is 0 Å². The van der Waals surface area contributed by atoms with E-state index in [-0.39, 0.29) is 24.2 Å². The van der Waals surface area contributed by atoms with Crippen molar-refractivity contribution in [2.45, 2.75) is 32.9 Å². The van der Waals surface area contributed by atoms with Crippen LogP contribution in [0.1, 0.15) is 20.8 Å². The largest absolute Gasteiger partial charge is 0.486 e. The van der Waals surface area contributed by atoms with E-state index in [2.05, 4.69) is 0 Å². The topological polar surface area (TPSA) is 55.5 Å². The summed E-state index contributed by atoms with van der Waals surface area (Å²) in [5.41, 5.74) is 5.97. The van der Waals surface area contributed by atoms with Crippen molar-refractivity contribution in [3.8, 4) is 5.75 Å². The average Bonchev–Trinajstić information content (AvgIpc) is 2.25. The van der Waals surface area contributed by atoms with Gasteiger partial charge in [-0.3, -0.25) is 0 Å². The predicted octanol–water partition coefficient (Wildman–Crippen LogP) is 1.80. The van der Waals surface area contributed by atoms with Gasteiger partial charge >= 0.3 is 0 Å². The summed E-state index contributed by atoms with van der Waals surface area (Å²) in [6.07, 6.45) is -0.373. The zero-order valence-corrected chi connectivity index (χ0v) is 10.2. The van der Waals surface area contributed by atoms with Crippen molar-refractivity contribution in [1.82, 2.24) is 0 Å². The van der Waals surface area contributed by atoms with Gasteiger partial charge in [-0.1, -0.05) is 39.0 Å². The summed E-state index contributed by atoms with van der Waals surface area (Å²) >= 11 is 0. The number of hydrogen-bond acceptors (Lipinski definition) is 3. The van der Waals surface area contributed by atoms with Gasteiger partial charge in [0.15, 0.2) is 0 Å². The van der Waals surface area contributed by atoms with Gasteiger partial charge in [-0.05, 0) is 17.5 Å². The van der Waals surface area contributed by atoms with Crippen molar-refractivity contribution >= 4 is 0 Å². The summed E-state index contributed by atoms with van der Waals surface area (Å²) in [6, 6.07) is 9.22. The third-order valence-electron chi connectivity index (χ3n) is 2.61. The SMILES string of the molecule is CC(C)(C)C(N)C(CO)Oc1ccccc1. The summed E-state index contributed by atoms with van der Waals surface area (Å²) < 4.78 is 5.68. The molecule has 3 N–H and O–H groups in total. The molecular formula is C13H21NO2.